The highest BCUT2D eigenvalue weighted by atomic mass is 19.4. The van der Waals surface area contributed by atoms with Gasteiger partial charge in [-0.25, -0.2) is 4.79 Å². The van der Waals surface area contributed by atoms with E-state index in [0.29, 0.717) is 23.3 Å². The van der Waals surface area contributed by atoms with Gasteiger partial charge in [-0.1, -0.05) is 0 Å². The van der Waals surface area contributed by atoms with Gasteiger partial charge < -0.3 is 24.6 Å². The highest BCUT2D eigenvalue weighted by molar-refractivity contribution is 6.01. The van der Waals surface area contributed by atoms with Crippen molar-refractivity contribution in [1.29, 1.82) is 0 Å². The van der Waals surface area contributed by atoms with Crippen molar-refractivity contribution < 1.29 is 32.6 Å². The van der Waals surface area contributed by atoms with E-state index in [1.165, 1.54) is 0 Å². The summed E-state index contributed by atoms with van der Waals surface area (Å²) in [6.45, 7) is 3.00. The lowest BCUT2D eigenvalue weighted by molar-refractivity contribution is -0.192. The molecule has 9 nitrogen and oxygen atoms in total. The molecule has 3 heterocycles. The molecule has 1 amide bonds. The van der Waals surface area contributed by atoms with E-state index < -0.39 is 12.1 Å². The Morgan fingerprint density at radius 1 is 1.13 bits per heavy atom. The summed E-state index contributed by atoms with van der Waals surface area (Å²) in [7, 11) is 3.76. The van der Waals surface area contributed by atoms with Crippen LogP contribution in [-0.2, 0) is 17.8 Å². The summed E-state index contributed by atoms with van der Waals surface area (Å²) < 4.78 is 38.8. The molecule has 0 spiro atoms. The van der Waals surface area contributed by atoms with Crippen molar-refractivity contribution in [1.82, 2.24) is 19.7 Å². The summed E-state index contributed by atoms with van der Waals surface area (Å²) in [5, 5.41) is 18.4. The number of halogens is 3. The summed E-state index contributed by atoms with van der Waals surface area (Å²) in [5.74, 6) is 0.302. The Morgan fingerprint density at radius 3 is 2.32 bits per heavy atom. The molecule has 1 saturated heterocycles. The Morgan fingerprint density at radius 2 is 1.74 bits per heavy atom. The van der Waals surface area contributed by atoms with Crippen LogP contribution < -0.4 is 10.1 Å². The molecule has 2 aromatic rings. The van der Waals surface area contributed by atoms with E-state index in [2.05, 4.69) is 27.5 Å². The highest BCUT2D eigenvalue weighted by Crippen LogP contribution is 2.31. The number of fused-ring (bicyclic) bond motifs is 2. The second-order valence-corrected chi connectivity index (χ2v) is 7.48. The zero-order valence-electron chi connectivity index (χ0n) is 16.9. The number of aliphatic carboxylic acids is 1. The van der Waals surface area contributed by atoms with E-state index in [1.54, 1.807) is 7.11 Å². The molecule has 0 saturated carbocycles. The highest BCUT2D eigenvalue weighted by Gasteiger charge is 2.38. The number of methoxy groups -OCH3 is 1. The van der Waals surface area contributed by atoms with Crippen LogP contribution in [0, 0.1) is 11.8 Å². The first kappa shape index (κ1) is 22.5. The summed E-state index contributed by atoms with van der Waals surface area (Å²) >= 11 is 0. The van der Waals surface area contributed by atoms with Crippen LogP contribution in [0.3, 0.4) is 0 Å². The number of amides is 1. The molecule has 2 aliphatic rings. The molecule has 12 heteroatoms. The lowest BCUT2D eigenvalue weighted by Gasteiger charge is -2.25. The number of nitrogens with zero attached hydrogens (tertiary/aromatic N) is 4. The molecule has 2 atom stereocenters. The number of rotatable bonds is 3. The average Bonchev–Trinajstić information content (AvgIpc) is 3.27. The maximum Gasteiger partial charge on any atom is 0.490 e. The molecule has 1 aromatic carbocycles. The van der Waals surface area contributed by atoms with Crippen molar-refractivity contribution >= 4 is 17.6 Å². The van der Waals surface area contributed by atoms with Crippen molar-refractivity contribution in [2.75, 3.05) is 32.6 Å². The fourth-order valence-corrected chi connectivity index (χ4v) is 3.79. The van der Waals surface area contributed by atoms with Gasteiger partial charge in [0.15, 0.2) is 0 Å². The van der Waals surface area contributed by atoms with E-state index >= 15 is 0 Å². The minimum absolute atomic E-state index is 0.219. The topological polar surface area (TPSA) is 110 Å². The second kappa shape index (κ2) is 8.92. The van der Waals surface area contributed by atoms with Gasteiger partial charge in [0.1, 0.15) is 11.6 Å². The Hall–Kier alpha value is -3.15. The minimum atomic E-state index is -5.08. The zero-order chi connectivity index (χ0) is 22.8. The monoisotopic (exact) mass is 441 g/mol. The molecule has 4 rings (SSSR count). The zero-order valence-corrected chi connectivity index (χ0v) is 16.9. The number of likely N-dealkylation sites (tertiary alicyclic amines) is 1. The molecule has 0 radical (unpaired) electrons. The molecule has 0 bridgehead atoms. The van der Waals surface area contributed by atoms with Crippen LogP contribution in [0.5, 0.6) is 5.75 Å². The van der Waals surface area contributed by atoms with Crippen LogP contribution in [0.4, 0.5) is 18.9 Å². The molecule has 2 N–H and O–H groups in total. The third-order valence-electron chi connectivity index (χ3n) is 5.24. The van der Waals surface area contributed by atoms with Crippen LogP contribution in [0.1, 0.15) is 16.4 Å². The Bertz CT molecular complexity index is 945. The number of hydrogen-bond acceptors (Lipinski definition) is 6. The lowest BCUT2D eigenvalue weighted by Crippen LogP contribution is -2.31. The van der Waals surface area contributed by atoms with E-state index in [1.807, 2.05) is 28.8 Å². The number of ether oxygens (including phenoxy) is 1. The van der Waals surface area contributed by atoms with Gasteiger partial charge in [0.2, 0.25) is 5.82 Å². The van der Waals surface area contributed by atoms with Gasteiger partial charge in [-0.15, -0.1) is 10.2 Å². The quantitative estimate of drug-likeness (QED) is 0.749. The van der Waals surface area contributed by atoms with Gasteiger partial charge in [-0.3, -0.25) is 4.79 Å². The molecule has 2 aliphatic heterocycles. The molecule has 0 aliphatic carbocycles. The number of carbonyl (C=O) groups is 2. The first-order valence-corrected chi connectivity index (χ1v) is 9.44. The third-order valence-corrected chi connectivity index (χ3v) is 5.24. The fraction of sp³-hybridized carbons (Fsp3) is 0.474. The summed E-state index contributed by atoms with van der Waals surface area (Å²) in [6.07, 6.45) is -4.18. The largest absolute Gasteiger partial charge is 0.497 e. The standard InChI is InChI=1S/C17H21N5O2.C2HF3O2/c1-21-8-11-7-15-19-20-16(22(15)10-12(11)9-21)17(23)18-13-3-5-14(24-2)6-4-13;3-2(4,5)1(6)7/h3-6,11-12H,7-10H2,1-2H3,(H,18,23);(H,6,7). The predicted octanol–water partition coefficient (Wildman–Crippen LogP) is 1.91. The first-order chi connectivity index (χ1) is 14.6. The van der Waals surface area contributed by atoms with Crippen LogP contribution in [0.15, 0.2) is 24.3 Å². The smallest absolute Gasteiger partial charge is 0.490 e. The van der Waals surface area contributed by atoms with Crippen molar-refractivity contribution in [3.8, 4) is 5.75 Å². The number of alkyl halides is 3. The molecule has 168 valence electrons. The van der Waals surface area contributed by atoms with Crippen molar-refractivity contribution in [3.05, 3.63) is 35.9 Å². The summed E-state index contributed by atoms with van der Waals surface area (Å²) in [5.41, 5.74) is 0.715. The SMILES string of the molecule is COc1ccc(NC(=O)c2nnc3n2CC2CN(C)CC2C3)cc1.O=C(O)C(F)(F)F. The lowest BCUT2D eigenvalue weighted by atomic mass is 9.89. The molecule has 1 fully saturated rings. The van der Waals surface area contributed by atoms with Crippen molar-refractivity contribution in [2.45, 2.75) is 19.1 Å². The van der Waals surface area contributed by atoms with E-state index in [4.69, 9.17) is 14.6 Å². The Kier molecular flexibility index (Phi) is 6.48. The number of carboxylic acid groups (broad SMARTS) is 1. The maximum atomic E-state index is 12.6. The Labute approximate surface area is 175 Å². The first-order valence-electron chi connectivity index (χ1n) is 9.44. The van der Waals surface area contributed by atoms with Gasteiger partial charge >= 0.3 is 12.1 Å². The molecular formula is C19H22F3N5O4. The van der Waals surface area contributed by atoms with Crippen LogP contribution in [0.2, 0.25) is 0 Å². The normalized spacial score (nSPS) is 20.2. The summed E-state index contributed by atoms with van der Waals surface area (Å²) in [6, 6.07) is 7.25. The van der Waals surface area contributed by atoms with Crippen molar-refractivity contribution in [2.24, 2.45) is 11.8 Å². The van der Waals surface area contributed by atoms with Gasteiger partial charge in [-0.2, -0.15) is 13.2 Å². The minimum Gasteiger partial charge on any atom is -0.497 e. The van der Waals surface area contributed by atoms with Crippen molar-refractivity contribution in [3.63, 3.8) is 0 Å². The third kappa shape index (κ3) is 5.32. The van der Waals surface area contributed by atoms with Crippen LogP contribution >= 0.6 is 0 Å². The molecule has 31 heavy (non-hydrogen) atoms. The summed E-state index contributed by atoms with van der Waals surface area (Å²) in [4.78, 5) is 23.8. The molecular weight excluding hydrogens is 419 g/mol. The average molecular weight is 441 g/mol. The van der Waals surface area contributed by atoms with Gasteiger partial charge in [0.05, 0.1) is 7.11 Å². The second-order valence-electron chi connectivity index (χ2n) is 7.48. The molecule has 1 aromatic heterocycles. The van der Waals surface area contributed by atoms with Gasteiger partial charge in [0, 0.05) is 31.7 Å². The predicted molar refractivity (Wildman–Crippen MR) is 103 cm³/mol. The molecule has 2 unspecified atom stereocenters. The number of aromatic nitrogens is 3. The fourth-order valence-electron chi connectivity index (χ4n) is 3.79. The van der Waals surface area contributed by atoms with Crippen LogP contribution in [-0.4, -0.2) is 70.1 Å². The Balaban J connectivity index is 0.000000339. The van der Waals surface area contributed by atoms with Gasteiger partial charge in [0.25, 0.3) is 5.91 Å². The maximum absolute atomic E-state index is 12.6. The van der Waals surface area contributed by atoms with E-state index in [0.717, 1.165) is 37.6 Å². The van der Waals surface area contributed by atoms with E-state index in [-0.39, 0.29) is 5.91 Å². The number of hydrogen-bond donors (Lipinski definition) is 2. The number of anilines is 1. The van der Waals surface area contributed by atoms with Crippen LogP contribution in [0.25, 0.3) is 0 Å². The van der Waals surface area contributed by atoms with Gasteiger partial charge in [-0.05, 0) is 43.1 Å². The number of carboxylic acids is 1. The number of nitrogens with one attached hydrogen (secondary N) is 1. The van der Waals surface area contributed by atoms with E-state index in [9.17, 15) is 18.0 Å². The number of carbonyl (C=O) groups excluding carboxylic acids is 1. The number of benzene rings is 1.